The topological polar surface area (TPSA) is 159 Å². The number of nitrogens with one attached hydrogen (secondary N) is 2. The van der Waals surface area contributed by atoms with Crippen LogP contribution in [0.5, 0.6) is 0 Å². The molecule has 2 aliphatic heterocycles. The van der Waals surface area contributed by atoms with Gasteiger partial charge in [-0.3, -0.25) is 9.59 Å². The number of hydrogen-bond acceptors (Lipinski definition) is 6. The first-order valence-corrected chi connectivity index (χ1v) is 12.1. The summed E-state index contributed by atoms with van der Waals surface area (Å²) in [6, 6.07) is 1.01. The molecule has 5 atom stereocenters. The highest BCUT2D eigenvalue weighted by molar-refractivity contribution is 5.90. The second kappa shape index (κ2) is 12.3. The summed E-state index contributed by atoms with van der Waals surface area (Å²) in [4.78, 5) is 44.0. The van der Waals surface area contributed by atoms with Crippen LogP contribution in [-0.4, -0.2) is 58.5 Å². The van der Waals surface area contributed by atoms with Gasteiger partial charge in [-0.05, 0) is 56.1 Å². The van der Waals surface area contributed by atoms with Gasteiger partial charge in [0, 0.05) is 48.2 Å². The first kappa shape index (κ1) is 28.3. The van der Waals surface area contributed by atoms with Gasteiger partial charge in [-0.2, -0.15) is 0 Å². The SMILES string of the molecule is N[C@H](Cc1cc(F)c(F)cc1F)C1CC2CCC(N2)C1C(=O)CNC(=O)C1CC1.O=C(O)/C=C\C(=O)O. The summed E-state index contributed by atoms with van der Waals surface area (Å²) in [7, 11) is 0. The third kappa shape index (κ3) is 7.86. The van der Waals surface area contributed by atoms with Crippen LogP contribution >= 0.6 is 0 Å². The molecule has 2 saturated heterocycles. The van der Waals surface area contributed by atoms with Crippen LogP contribution in [0.3, 0.4) is 0 Å². The number of rotatable bonds is 9. The predicted molar refractivity (Wildman–Crippen MR) is 125 cm³/mol. The third-order valence-corrected chi connectivity index (χ3v) is 6.95. The van der Waals surface area contributed by atoms with E-state index in [1.165, 1.54) is 0 Å². The molecule has 6 N–H and O–H groups in total. The van der Waals surface area contributed by atoms with Gasteiger partial charge in [0.25, 0.3) is 0 Å². The van der Waals surface area contributed by atoms with Gasteiger partial charge in [0.2, 0.25) is 5.91 Å². The smallest absolute Gasteiger partial charge is 0.328 e. The number of aliphatic carboxylic acids is 2. The van der Waals surface area contributed by atoms with E-state index >= 15 is 0 Å². The van der Waals surface area contributed by atoms with Crippen LogP contribution in [0.15, 0.2) is 24.3 Å². The van der Waals surface area contributed by atoms with Gasteiger partial charge >= 0.3 is 11.9 Å². The fourth-order valence-corrected chi connectivity index (χ4v) is 5.05. The van der Waals surface area contributed by atoms with Crippen molar-refractivity contribution >= 4 is 23.6 Å². The minimum Gasteiger partial charge on any atom is -0.478 e. The highest BCUT2D eigenvalue weighted by atomic mass is 19.2. The molecular weight excluding hydrogens is 495 g/mol. The second-order valence-electron chi connectivity index (χ2n) is 9.67. The van der Waals surface area contributed by atoms with E-state index in [4.69, 9.17) is 15.9 Å². The fraction of sp³-hybridized carbons (Fsp3) is 0.520. The minimum absolute atomic E-state index is 0.00974. The highest BCUT2D eigenvalue weighted by Crippen LogP contribution is 2.38. The molecule has 202 valence electrons. The summed E-state index contributed by atoms with van der Waals surface area (Å²) < 4.78 is 40.8. The Balaban J connectivity index is 0.000000414. The van der Waals surface area contributed by atoms with Crippen LogP contribution in [0.1, 0.15) is 37.7 Å². The largest absolute Gasteiger partial charge is 0.478 e. The monoisotopic (exact) mass is 525 g/mol. The Morgan fingerprint density at radius 1 is 1.00 bits per heavy atom. The van der Waals surface area contributed by atoms with Gasteiger partial charge in [-0.25, -0.2) is 22.8 Å². The summed E-state index contributed by atoms with van der Waals surface area (Å²) >= 11 is 0. The number of benzene rings is 1. The molecule has 9 nitrogen and oxygen atoms in total. The van der Waals surface area contributed by atoms with Crippen LogP contribution in [-0.2, 0) is 25.6 Å². The number of ketones is 1. The molecular formula is C25H30F3N3O6. The van der Waals surface area contributed by atoms with E-state index < -0.39 is 41.4 Å². The Morgan fingerprint density at radius 3 is 2.22 bits per heavy atom. The number of amides is 1. The van der Waals surface area contributed by atoms with E-state index in [9.17, 15) is 32.3 Å². The zero-order valence-electron chi connectivity index (χ0n) is 20.0. The van der Waals surface area contributed by atoms with E-state index in [2.05, 4.69) is 10.6 Å². The van der Waals surface area contributed by atoms with E-state index in [0.717, 1.165) is 31.7 Å². The van der Waals surface area contributed by atoms with Crippen LogP contribution < -0.4 is 16.4 Å². The lowest BCUT2D eigenvalue weighted by Crippen LogP contribution is -2.55. The standard InChI is InChI=1S/C21H26F3N3O2.C4H4O4/c22-14-8-16(24)15(23)5-11(14)6-17(25)13-7-12-3-4-18(27-12)20(13)19(28)9-26-21(29)10-1-2-10;5-3(6)1-2-4(7)8/h5,8,10,12-13,17-18,20,27H,1-4,6-7,9,25H2,(H,26,29);1-2H,(H,5,6)(H,7,8)/b;2-1-/t12?,13?,17-,18?,20?;/m1./s1. The zero-order valence-corrected chi connectivity index (χ0v) is 20.0. The van der Waals surface area contributed by atoms with Crippen LogP contribution in [0.2, 0.25) is 0 Å². The van der Waals surface area contributed by atoms with Crippen LogP contribution in [0.4, 0.5) is 13.2 Å². The Hall–Kier alpha value is -3.25. The van der Waals surface area contributed by atoms with Crippen molar-refractivity contribution in [2.45, 2.75) is 56.7 Å². The lowest BCUT2D eigenvalue weighted by atomic mass is 9.73. The van der Waals surface area contributed by atoms with Gasteiger partial charge in [0.15, 0.2) is 17.4 Å². The molecule has 4 unspecified atom stereocenters. The molecule has 1 amide bonds. The summed E-state index contributed by atoms with van der Waals surface area (Å²) in [5, 5.41) is 21.8. The van der Waals surface area contributed by atoms with Gasteiger partial charge in [0.05, 0.1) is 6.54 Å². The first-order chi connectivity index (χ1) is 17.5. The summed E-state index contributed by atoms with van der Waals surface area (Å²) in [5.41, 5.74) is 6.39. The number of nitrogens with two attached hydrogens (primary N) is 1. The van der Waals surface area contributed by atoms with E-state index in [1.807, 2.05) is 0 Å². The van der Waals surface area contributed by atoms with Crippen LogP contribution in [0.25, 0.3) is 0 Å². The average Bonchev–Trinajstić information content (AvgIpc) is 3.62. The van der Waals surface area contributed by atoms with E-state index in [1.54, 1.807) is 0 Å². The van der Waals surface area contributed by atoms with Crippen molar-refractivity contribution in [3.63, 3.8) is 0 Å². The predicted octanol–water partition coefficient (Wildman–Crippen LogP) is 1.54. The number of carboxylic acids is 2. The van der Waals surface area contributed by atoms with Crippen molar-refractivity contribution in [1.82, 2.24) is 10.6 Å². The molecule has 12 heteroatoms. The molecule has 1 aromatic rings. The number of hydrogen-bond donors (Lipinski definition) is 5. The van der Waals surface area contributed by atoms with E-state index in [0.29, 0.717) is 24.6 Å². The highest BCUT2D eigenvalue weighted by Gasteiger charge is 2.47. The average molecular weight is 526 g/mol. The van der Waals surface area contributed by atoms with Crippen molar-refractivity contribution in [2.24, 2.45) is 23.5 Å². The van der Waals surface area contributed by atoms with Crippen molar-refractivity contribution < 1.29 is 42.6 Å². The summed E-state index contributed by atoms with van der Waals surface area (Å²) in [5.74, 6) is -6.45. The molecule has 1 saturated carbocycles. The maximum absolute atomic E-state index is 14.1. The molecule has 3 fully saturated rings. The van der Waals surface area contributed by atoms with Gasteiger partial charge in [0.1, 0.15) is 5.82 Å². The van der Waals surface area contributed by atoms with Crippen molar-refractivity contribution in [3.05, 3.63) is 47.3 Å². The normalized spacial score (nSPS) is 25.2. The molecule has 0 spiro atoms. The number of fused-ring (bicyclic) bond motifs is 2. The number of halogens is 3. The molecule has 37 heavy (non-hydrogen) atoms. The Kier molecular flexibility index (Phi) is 9.44. The van der Waals surface area contributed by atoms with Crippen molar-refractivity contribution in [2.75, 3.05) is 6.54 Å². The number of Topliss-reactive ketones (excluding diaryl/α,β-unsaturated/α-hetero) is 1. The lowest BCUT2D eigenvalue weighted by Gasteiger charge is -2.40. The molecule has 4 rings (SSSR count). The lowest BCUT2D eigenvalue weighted by molar-refractivity contribution is -0.134. The Bertz CT molecular complexity index is 1060. The van der Waals surface area contributed by atoms with Crippen LogP contribution in [0, 0.1) is 35.2 Å². The number of carbonyl (C=O) groups is 4. The molecule has 0 radical (unpaired) electrons. The van der Waals surface area contributed by atoms with Crippen molar-refractivity contribution in [1.29, 1.82) is 0 Å². The number of piperidine rings is 1. The Morgan fingerprint density at radius 2 is 1.62 bits per heavy atom. The first-order valence-electron chi connectivity index (χ1n) is 12.1. The van der Waals surface area contributed by atoms with Gasteiger partial charge in [-0.15, -0.1) is 0 Å². The van der Waals surface area contributed by atoms with Gasteiger partial charge in [-0.1, -0.05) is 0 Å². The quantitative estimate of drug-likeness (QED) is 0.240. The molecule has 2 bridgehead atoms. The Labute approximate surface area is 211 Å². The minimum atomic E-state index is -1.26. The van der Waals surface area contributed by atoms with Gasteiger partial charge < -0.3 is 26.6 Å². The maximum Gasteiger partial charge on any atom is 0.328 e. The molecule has 2 heterocycles. The molecule has 1 aromatic carbocycles. The molecule has 1 aliphatic carbocycles. The number of carboxylic acid groups (broad SMARTS) is 2. The van der Waals surface area contributed by atoms with E-state index in [-0.39, 0.29) is 54.1 Å². The molecule has 0 aromatic heterocycles. The maximum atomic E-state index is 14.1. The zero-order chi connectivity index (χ0) is 27.3. The summed E-state index contributed by atoms with van der Waals surface area (Å²) in [6.45, 7) is -0.0361. The number of carbonyl (C=O) groups excluding carboxylic acids is 2. The third-order valence-electron chi connectivity index (χ3n) is 6.95. The summed E-state index contributed by atoms with van der Waals surface area (Å²) in [6.07, 6.45) is 5.31. The van der Waals surface area contributed by atoms with Crippen molar-refractivity contribution in [3.8, 4) is 0 Å². The fourth-order valence-electron chi connectivity index (χ4n) is 5.05. The second-order valence-corrected chi connectivity index (χ2v) is 9.67. The molecule has 3 aliphatic rings.